The van der Waals surface area contributed by atoms with Crippen LogP contribution in [0.2, 0.25) is 0 Å². The van der Waals surface area contributed by atoms with Gasteiger partial charge in [-0.3, -0.25) is 9.59 Å². The van der Waals surface area contributed by atoms with Gasteiger partial charge in [-0.1, -0.05) is 61.3 Å². The van der Waals surface area contributed by atoms with Crippen LogP contribution in [-0.4, -0.2) is 27.4 Å². The fourth-order valence-electron chi connectivity index (χ4n) is 3.83. The van der Waals surface area contributed by atoms with Crippen molar-refractivity contribution in [3.8, 4) is 0 Å². The van der Waals surface area contributed by atoms with Crippen LogP contribution in [0, 0.1) is 29.6 Å². The number of allylic oxidation sites excluding steroid dienone is 1. The summed E-state index contributed by atoms with van der Waals surface area (Å²) in [6.45, 7) is 14.0. The Morgan fingerprint density at radius 3 is 1.96 bits per heavy atom. The minimum absolute atomic E-state index is 0.0942. The van der Waals surface area contributed by atoms with Crippen molar-refractivity contribution in [3.05, 3.63) is 11.3 Å². The van der Waals surface area contributed by atoms with E-state index in [0.29, 0.717) is 24.7 Å². The van der Waals surface area contributed by atoms with Crippen molar-refractivity contribution in [1.82, 2.24) is 0 Å². The number of carbonyl (C=O) groups excluding carboxylic acids is 2. The second-order valence-corrected chi connectivity index (χ2v) is 9.33. The van der Waals surface area contributed by atoms with Crippen LogP contribution in [0.15, 0.2) is 11.3 Å². The van der Waals surface area contributed by atoms with Crippen molar-refractivity contribution in [3.63, 3.8) is 0 Å². The Hall–Kier alpha value is -1.16. The van der Waals surface area contributed by atoms with Gasteiger partial charge in [-0.25, -0.2) is 0 Å². The maximum Gasteiger partial charge on any atom is 0.176 e. The van der Waals surface area contributed by atoms with Crippen molar-refractivity contribution in [2.45, 2.75) is 86.2 Å². The first-order chi connectivity index (χ1) is 11.9. The van der Waals surface area contributed by atoms with Crippen LogP contribution in [0.5, 0.6) is 0 Å². The summed E-state index contributed by atoms with van der Waals surface area (Å²) in [5, 5.41) is 22.3. The summed E-state index contributed by atoms with van der Waals surface area (Å²) in [6, 6.07) is 0. The summed E-state index contributed by atoms with van der Waals surface area (Å²) in [5.41, 5.74) is -1.77. The van der Waals surface area contributed by atoms with Gasteiger partial charge < -0.3 is 10.2 Å². The van der Waals surface area contributed by atoms with E-state index < -0.39 is 11.5 Å². The van der Waals surface area contributed by atoms with Crippen LogP contribution in [0.1, 0.15) is 80.6 Å². The van der Waals surface area contributed by atoms with Crippen LogP contribution in [0.25, 0.3) is 0 Å². The summed E-state index contributed by atoms with van der Waals surface area (Å²) in [6.07, 6.45) is 3.07. The van der Waals surface area contributed by atoms with E-state index in [4.69, 9.17) is 0 Å². The molecule has 0 bridgehead atoms. The molecule has 4 nitrogen and oxygen atoms in total. The molecule has 0 aliphatic heterocycles. The van der Waals surface area contributed by atoms with Gasteiger partial charge in [0, 0.05) is 6.42 Å². The molecule has 26 heavy (non-hydrogen) atoms. The van der Waals surface area contributed by atoms with Gasteiger partial charge in [-0.2, -0.15) is 0 Å². The molecule has 0 amide bonds. The molecule has 150 valence electrons. The lowest BCUT2D eigenvalue weighted by Crippen LogP contribution is -2.45. The molecule has 0 saturated heterocycles. The molecule has 3 atom stereocenters. The summed E-state index contributed by atoms with van der Waals surface area (Å²) in [5.74, 6) is -1.14. The number of hydrogen-bond acceptors (Lipinski definition) is 4. The van der Waals surface area contributed by atoms with Crippen LogP contribution >= 0.6 is 0 Å². The Bertz CT molecular complexity index is 544. The van der Waals surface area contributed by atoms with Gasteiger partial charge in [0.1, 0.15) is 16.9 Å². The summed E-state index contributed by atoms with van der Waals surface area (Å²) in [7, 11) is 0. The molecule has 4 heteroatoms. The van der Waals surface area contributed by atoms with Crippen molar-refractivity contribution in [1.29, 1.82) is 0 Å². The molecular weight excluding hydrogens is 328 g/mol. The van der Waals surface area contributed by atoms with Gasteiger partial charge >= 0.3 is 0 Å². The van der Waals surface area contributed by atoms with E-state index in [1.165, 1.54) is 0 Å². The largest absolute Gasteiger partial charge is 0.508 e. The molecule has 0 spiro atoms. The van der Waals surface area contributed by atoms with E-state index >= 15 is 0 Å². The summed E-state index contributed by atoms with van der Waals surface area (Å²) >= 11 is 0. The smallest absolute Gasteiger partial charge is 0.176 e. The minimum Gasteiger partial charge on any atom is -0.508 e. The molecule has 0 aromatic heterocycles. The van der Waals surface area contributed by atoms with Crippen molar-refractivity contribution in [2.75, 3.05) is 0 Å². The van der Waals surface area contributed by atoms with Crippen molar-refractivity contribution in [2.24, 2.45) is 29.6 Å². The number of aliphatic hydroxyl groups excluding tert-OH is 1. The SMILES string of the molecule is CC(C)CC[C@H](C)[C@@]1(O)C(O)=C(C(=O)CC(C)C)C(=O)[C@@H]1CCC(C)C. The van der Waals surface area contributed by atoms with Crippen molar-refractivity contribution < 1.29 is 19.8 Å². The van der Waals surface area contributed by atoms with Crippen LogP contribution in [-0.2, 0) is 9.59 Å². The first kappa shape index (κ1) is 22.9. The second kappa shape index (κ2) is 9.16. The Morgan fingerprint density at radius 2 is 1.50 bits per heavy atom. The topological polar surface area (TPSA) is 74.6 Å². The number of Topliss-reactive ketones (excluding diaryl/α,β-unsaturated/α-hetero) is 2. The molecule has 0 aromatic rings. The highest BCUT2D eigenvalue weighted by Crippen LogP contribution is 2.46. The van der Waals surface area contributed by atoms with E-state index in [1.54, 1.807) is 0 Å². The van der Waals surface area contributed by atoms with E-state index in [2.05, 4.69) is 27.7 Å². The Morgan fingerprint density at radius 1 is 0.962 bits per heavy atom. The first-order valence-corrected chi connectivity index (χ1v) is 10.2. The maximum atomic E-state index is 13.0. The van der Waals surface area contributed by atoms with E-state index in [-0.39, 0.29) is 41.2 Å². The average molecular weight is 367 g/mol. The molecule has 0 radical (unpaired) electrons. The van der Waals surface area contributed by atoms with Crippen molar-refractivity contribution >= 4 is 11.6 Å². The number of ketones is 2. The molecule has 0 fully saturated rings. The molecule has 1 aliphatic rings. The van der Waals surface area contributed by atoms with Crippen LogP contribution in [0.3, 0.4) is 0 Å². The fourth-order valence-corrected chi connectivity index (χ4v) is 3.83. The normalized spacial score (nSPS) is 25.0. The monoisotopic (exact) mass is 366 g/mol. The molecular formula is C22H38O4. The lowest BCUT2D eigenvalue weighted by atomic mass is 9.74. The Kier molecular flexibility index (Phi) is 8.06. The van der Waals surface area contributed by atoms with Gasteiger partial charge in [0.05, 0.1) is 5.92 Å². The van der Waals surface area contributed by atoms with Gasteiger partial charge in [0.15, 0.2) is 11.6 Å². The quantitative estimate of drug-likeness (QED) is 0.542. The van der Waals surface area contributed by atoms with Gasteiger partial charge in [-0.05, 0) is 36.5 Å². The highest BCUT2D eigenvalue weighted by molar-refractivity contribution is 6.23. The number of hydrogen-bond donors (Lipinski definition) is 2. The van der Waals surface area contributed by atoms with Crippen LogP contribution in [0.4, 0.5) is 0 Å². The maximum absolute atomic E-state index is 13.0. The molecule has 2 N–H and O–H groups in total. The summed E-state index contributed by atoms with van der Waals surface area (Å²) in [4.78, 5) is 25.6. The van der Waals surface area contributed by atoms with E-state index in [0.717, 1.165) is 12.8 Å². The molecule has 0 aromatic carbocycles. The van der Waals surface area contributed by atoms with E-state index in [1.807, 2.05) is 20.8 Å². The molecule has 1 rings (SSSR count). The second-order valence-electron chi connectivity index (χ2n) is 9.33. The lowest BCUT2D eigenvalue weighted by molar-refractivity contribution is -0.129. The van der Waals surface area contributed by atoms with Gasteiger partial charge in [0.2, 0.25) is 0 Å². The molecule has 0 saturated carbocycles. The lowest BCUT2D eigenvalue weighted by Gasteiger charge is -2.36. The highest BCUT2D eigenvalue weighted by Gasteiger charge is 2.57. The van der Waals surface area contributed by atoms with Crippen LogP contribution < -0.4 is 0 Å². The third-order valence-electron chi connectivity index (χ3n) is 5.54. The fraction of sp³-hybridized carbons (Fsp3) is 0.818. The first-order valence-electron chi connectivity index (χ1n) is 10.2. The standard InChI is InChI=1S/C22H38O4/c1-13(2)8-10-16(7)22(26)17(11-9-14(3)4)20(24)19(21(22)25)18(23)12-15(5)6/h13-17,25-26H,8-12H2,1-7H3/t16-,17-,22-/m0/s1. The Balaban J connectivity index is 3.24. The molecule has 1 aliphatic carbocycles. The van der Waals surface area contributed by atoms with Gasteiger partial charge in [-0.15, -0.1) is 0 Å². The number of carbonyl (C=O) groups is 2. The van der Waals surface area contributed by atoms with E-state index in [9.17, 15) is 19.8 Å². The zero-order valence-corrected chi connectivity index (χ0v) is 17.6. The van der Waals surface area contributed by atoms with Gasteiger partial charge in [0.25, 0.3) is 0 Å². The number of aliphatic hydroxyl groups is 2. The predicted molar refractivity (Wildman–Crippen MR) is 105 cm³/mol. The third kappa shape index (κ3) is 4.97. The molecule has 0 heterocycles. The third-order valence-corrected chi connectivity index (χ3v) is 5.54. The summed E-state index contributed by atoms with van der Waals surface area (Å²) < 4.78 is 0. The predicted octanol–water partition coefficient (Wildman–Crippen LogP) is 4.85. The number of rotatable bonds is 10. The highest BCUT2D eigenvalue weighted by atomic mass is 16.3. The average Bonchev–Trinajstić information content (AvgIpc) is 2.69. The molecule has 0 unspecified atom stereocenters. The zero-order chi connectivity index (χ0) is 20.2. The minimum atomic E-state index is -1.62. The zero-order valence-electron chi connectivity index (χ0n) is 17.6. The Labute approximate surface area is 159 Å².